The molecule has 0 radical (unpaired) electrons. The molecule has 1 aliphatic heterocycles. The van der Waals surface area contributed by atoms with E-state index in [9.17, 15) is 35.4 Å². The van der Waals surface area contributed by atoms with Crippen molar-refractivity contribution >= 4 is 12.0 Å². The molecule has 1 aliphatic rings. The van der Waals surface area contributed by atoms with Crippen LogP contribution in [0.2, 0.25) is 0 Å². The zero-order valence-corrected chi connectivity index (χ0v) is 18.9. The number of carbonyl (C=O) groups is 1. The fourth-order valence-corrected chi connectivity index (χ4v) is 3.38. The highest BCUT2D eigenvalue weighted by atomic mass is 16.7. The van der Waals surface area contributed by atoms with Crippen LogP contribution in [0.3, 0.4) is 0 Å². The minimum Gasteiger partial charge on any atom is -0.504 e. The number of esters is 1. The van der Waals surface area contributed by atoms with E-state index in [0.717, 1.165) is 6.08 Å². The smallest absolute Gasteiger partial charge is 0.330 e. The van der Waals surface area contributed by atoms with Gasteiger partial charge in [0, 0.05) is 6.08 Å². The molecule has 11 nitrogen and oxygen atoms in total. The van der Waals surface area contributed by atoms with E-state index in [-0.39, 0.29) is 29.6 Å². The monoisotopic (exact) mass is 492 g/mol. The molecule has 1 heterocycles. The van der Waals surface area contributed by atoms with Crippen LogP contribution in [-0.4, -0.2) is 87.6 Å². The number of hydrogen-bond donors (Lipinski definition) is 6. The summed E-state index contributed by atoms with van der Waals surface area (Å²) in [6.45, 7) is -0.390. The maximum atomic E-state index is 12.1. The molecule has 11 heteroatoms. The van der Waals surface area contributed by atoms with Gasteiger partial charge in [0.1, 0.15) is 31.0 Å². The fourth-order valence-electron chi connectivity index (χ4n) is 3.38. The highest BCUT2D eigenvalue weighted by Crippen LogP contribution is 2.27. The van der Waals surface area contributed by atoms with Crippen molar-refractivity contribution in [3.05, 3.63) is 53.6 Å². The van der Waals surface area contributed by atoms with Crippen molar-refractivity contribution < 1.29 is 54.4 Å². The molecule has 0 bridgehead atoms. The standard InChI is InChI=1S/C24H28O11/c1-32-18-11-13(3-6-16(18)26)4-7-20(28)34-12-19-21(29)22(30)23(31)24(35-19)33-9-8-14-2-5-15(25)17(27)10-14/h2-7,10-11,19,21-27,29-31H,8-9,12H2,1H3/t19-,21+,22+,23-,24-/m0/s1. The Kier molecular flexibility index (Phi) is 8.90. The Bertz CT molecular complexity index is 1040. The lowest BCUT2D eigenvalue weighted by Gasteiger charge is -2.39. The molecular weight excluding hydrogens is 464 g/mol. The van der Waals surface area contributed by atoms with Gasteiger partial charge in [0.15, 0.2) is 29.3 Å². The Morgan fingerprint density at radius 2 is 1.71 bits per heavy atom. The number of phenolic OH excluding ortho intramolecular Hbond substituents is 3. The van der Waals surface area contributed by atoms with E-state index in [1.54, 1.807) is 12.1 Å². The second kappa shape index (κ2) is 11.9. The second-order valence-electron chi connectivity index (χ2n) is 7.85. The van der Waals surface area contributed by atoms with Gasteiger partial charge >= 0.3 is 5.97 Å². The van der Waals surface area contributed by atoms with Crippen molar-refractivity contribution in [3.63, 3.8) is 0 Å². The molecule has 35 heavy (non-hydrogen) atoms. The summed E-state index contributed by atoms with van der Waals surface area (Å²) >= 11 is 0. The first-order valence-electron chi connectivity index (χ1n) is 10.7. The number of benzene rings is 2. The van der Waals surface area contributed by atoms with Crippen molar-refractivity contribution in [1.29, 1.82) is 0 Å². The Hall–Kier alpha value is -3.35. The van der Waals surface area contributed by atoms with Crippen LogP contribution in [0.1, 0.15) is 11.1 Å². The number of aliphatic hydroxyl groups is 3. The van der Waals surface area contributed by atoms with Gasteiger partial charge < -0.3 is 49.6 Å². The van der Waals surface area contributed by atoms with E-state index in [4.69, 9.17) is 18.9 Å². The predicted octanol–water partition coefficient (Wildman–Crippen LogP) is 0.435. The van der Waals surface area contributed by atoms with E-state index >= 15 is 0 Å². The zero-order chi connectivity index (χ0) is 25.5. The van der Waals surface area contributed by atoms with Crippen LogP contribution in [0.4, 0.5) is 0 Å². The lowest BCUT2D eigenvalue weighted by atomic mass is 9.99. The highest BCUT2D eigenvalue weighted by Gasteiger charge is 2.44. The molecule has 2 aromatic rings. The van der Waals surface area contributed by atoms with Gasteiger partial charge in [0.25, 0.3) is 0 Å². The molecule has 1 fully saturated rings. The van der Waals surface area contributed by atoms with Gasteiger partial charge in [-0.05, 0) is 47.9 Å². The van der Waals surface area contributed by atoms with Crippen LogP contribution in [0.5, 0.6) is 23.0 Å². The van der Waals surface area contributed by atoms with Crippen LogP contribution in [0, 0.1) is 0 Å². The lowest BCUT2D eigenvalue weighted by molar-refractivity contribution is -0.301. The SMILES string of the molecule is COc1cc(C=CC(=O)OC[C@@H]2O[C@H](OCCc3ccc(O)c(O)c3)[C@@H](O)[C@H](O)[C@@H]2O)ccc1O. The largest absolute Gasteiger partial charge is 0.504 e. The minimum absolute atomic E-state index is 0.0279. The zero-order valence-electron chi connectivity index (χ0n) is 18.9. The maximum Gasteiger partial charge on any atom is 0.330 e. The van der Waals surface area contributed by atoms with Gasteiger partial charge in [0.2, 0.25) is 0 Å². The average Bonchev–Trinajstić information content (AvgIpc) is 2.84. The lowest BCUT2D eigenvalue weighted by Crippen LogP contribution is -2.59. The first-order chi connectivity index (χ1) is 16.7. The molecular formula is C24H28O11. The highest BCUT2D eigenvalue weighted by molar-refractivity contribution is 5.87. The number of phenols is 3. The van der Waals surface area contributed by atoms with E-state index in [2.05, 4.69) is 0 Å². The van der Waals surface area contributed by atoms with Crippen molar-refractivity contribution in [2.24, 2.45) is 0 Å². The van der Waals surface area contributed by atoms with Gasteiger partial charge in [-0.15, -0.1) is 0 Å². The molecule has 6 N–H and O–H groups in total. The van der Waals surface area contributed by atoms with Crippen LogP contribution < -0.4 is 4.74 Å². The quantitative estimate of drug-likeness (QED) is 0.163. The number of aromatic hydroxyl groups is 3. The number of carbonyl (C=O) groups excluding carboxylic acids is 1. The summed E-state index contributed by atoms with van der Waals surface area (Å²) in [7, 11) is 1.40. The summed E-state index contributed by atoms with van der Waals surface area (Å²) in [5, 5.41) is 59.1. The molecule has 3 rings (SSSR count). The molecule has 5 atom stereocenters. The van der Waals surface area contributed by atoms with E-state index in [0.29, 0.717) is 17.5 Å². The van der Waals surface area contributed by atoms with E-state index in [1.807, 2.05) is 0 Å². The topological polar surface area (TPSA) is 175 Å². The van der Waals surface area contributed by atoms with Crippen molar-refractivity contribution in [3.8, 4) is 23.0 Å². The third-order valence-electron chi connectivity index (χ3n) is 5.39. The number of ether oxygens (including phenoxy) is 4. The Balaban J connectivity index is 1.52. The van der Waals surface area contributed by atoms with Gasteiger partial charge in [-0.2, -0.15) is 0 Å². The minimum atomic E-state index is -1.60. The summed E-state index contributed by atoms with van der Waals surface area (Å²) in [5.74, 6) is -1.10. The van der Waals surface area contributed by atoms with Crippen molar-refractivity contribution in [2.75, 3.05) is 20.3 Å². The molecule has 0 aliphatic carbocycles. The normalized spacial score (nSPS) is 24.4. The molecule has 0 saturated carbocycles. The molecule has 0 spiro atoms. The van der Waals surface area contributed by atoms with Crippen LogP contribution in [0.25, 0.3) is 6.08 Å². The van der Waals surface area contributed by atoms with Crippen LogP contribution in [0.15, 0.2) is 42.5 Å². The third-order valence-corrected chi connectivity index (χ3v) is 5.39. The van der Waals surface area contributed by atoms with Crippen LogP contribution in [-0.2, 0) is 25.4 Å². The van der Waals surface area contributed by atoms with Gasteiger partial charge in [-0.1, -0.05) is 12.1 Å². The number of rotatable bonds is 9. The molecule has 0 unspecified atom stereocenters. The van der Waals surface area contributed by atoms with Gasteiger partial charge in [0.05, 0.1) is 13.7 Å². The summed E-state index contributed by atoms with van der Waals surface area (Å²) in [4.78, 5) is 12.1. The molecule has 190 valence electrons. The first-order valence-corrected chi connectivity index (χ1v) is 10.7. The number of hydrogen-bond acceptors (Lipinski definition) is 11. The number of methoxy groups -OCH3 is 1. The molecule has 1 saturated heterocycles. The maximum absolute atomic E-state index is 12.1. The Labute approximate surface area is 201 Å². The summed E-state index contributed by atoms with van der Waals surface area (Å²) < 4.78 is 21.1. The Morgan fingerprint density at radius 1 is 0.971 bits per heavy atom. The van der Waals surface area contributed by atoms with E-state index < -0.39 is 43.3 Å². The third kappa shape index (κ3) is 6.84. The van der Waals surface area contributed by atoms with Crippen LogP contribution >= 0.6 is 0 Å². The first kappa shape index (κ1) is 26.3. The summed E-state index contributed by atoms with van der Waals surface area (Å²) in [5.41, 5.74) is 1.22. The van der Waals surface area contributed by atoms with Gasteiger partial charge in [-0.25, -0.2) is 4.79 Å². The predicted molar refractivity (Wildman–Crippen MR) is 121 cm³/mol. The Morgan fingerprint density at radius 3 is 2.43 bits per heavy atom. The fraction of sp³-hybridized carbons (Fsp3) is 0.375. The number of aliphatic hydroxyl groups excluding tert-OH is 3. The average molecular weight is 492 g/mol. The summed E-state index contributed by atoms with van der Waals surface area (Å²) in [6.07, 6.45) is -4.28. The van der Waals surface area contributed by atoms with Crippen molar-refractivity contribution in [1.82, 2.24) is 0 Å². The van der Waals surface area contributed by atoms with Crippen molar-refractivity contribution in [2.45, 2.75) is 37.1 Å². The van der Waals surface area contributed by atoms with Gasteiger partial charge in [-0.3, -0.25) is 0 Å². The molecule has 0 aromatic heterocycles. The van der Waals surface area contributed by atoms with E-state index in [1.165, 1.54) is 37.5 Å². The molecule has 2 aromatic carbocycles. The molecule has 0 amide bonds. The summed E-state index contributed by atoms with van der Waals surface area (Å²) in [6, 6.07) is 8.76. The second-order valence-corrected chi connectivity index (χ2v) is 7.85.